The van der Waals surface area contributed by atoms with Crippen LogP contribution in [0.1, 0.15) is 35.1 Å². The first-order chi connectivity index (χ1) is 11.3. The second kappa shape index (κ2) is 6.02. The highest BCUT2D eigenvalue weighted by Gasteiger charge is 2.26. The van der Waals surface area contributed by atoms with Gasteiger partial charge in [-0.25, -0.2) is 0 Å². The molecule has 0 spiro atoms. The molecular formula is C22H20O. The molecule has 114 valence electrons. The van der Waals surface area contributed by atoms with Crippen molar-refractivity contribution < 1.29 is 5.11 Å². The monoisotopic (exact) mass is 300 g/mol. The average molecular weight is 300 g/mol. The summed E-state index contributed by atoms with van der Waals surface area (Å²) in [5, 5.41) is 10.4. The molecule has 4 rings (SSSR count). The molecule has 1 nitrogen and oxygen atoms in total. The first-order valence-electron chi connectivity index (χ1n) is 8.22. The van der Waals surface area contributed by atoms with Crippen molar-refractivity contribution in [2.45, 2.75) is 24.9 Å². The Hall–Kier alpha value is -2.38. The molecule has 2 atom stereocenters. The third kappa shape index (κ3) is 2.80. The number of aliphatic hydroxyl groups excluding tert-OH is 1. The molecule has 1 aliphatic carbocycles. The molecule has 1 heteroatoms. The first kappa shape index (κ1) is 14.2. The van der Waals surface area contributed by atoms with Crippen molar-refractivity contribution in [3.8, 4) is 11.1 Å². The third-order valence-electron chi connectivity index (χ3n) is 4.88. The second-order valence-corrected chi connectivity index (χ2v) is 6.34. The second-order valence-electron chi connectivity index (χ2n) is 6.34. The molecule has 3 aromatic carbocycles. The van der Waals surface area contributed by atoms with E-state index >= 15 is 0 Å². The van der Waals surface area contributed by atoms with E-state index in [-0.39, 0.29) is 6.10 Å². The number of aliphatic hydroxyl groups is 1. The van der Waals surface area contributed by atoms with E-state index in [9.17, 15) is 5.11 Å². The number of hydrogen-bond acceptors (Lipinski definition) is 1. The van der Waals surface area contributed by atoms with Crippen LogP contribution in [0.3, 0.4) is 0 Å². The normalized spacial score (nSPS) is 20.0. The molecule has 0 radical (unpaired) electrons. The van der Waals surface area contributed by atoms with E-state index in [1.165, 1.54) is 22.3 Å². The van der Waals surface area contributed by atoms with Crippen LogP contribution in [0.4, 0.5) is 0 Å². The Balaban J connectivity index is 1.60. The van der Waals surface area contributed by atoms with Crippen molar-refractivity contribution >= 4 is 0 Å². The van der Waals surface area contributed by atoms with Crippen LogP contribution in [0.15, 0.2) is 78.9 Å². The molecule has 0 saturated carbocycles. The van der Waals surface area contributed by atoms with Gasteiger partial charge in [0.1, 0.15) is 0 Å². The van der Waals surface area contributed by atoms with Gasteiger partial charge in [-0.15, -0.1) is 0 Å². The van der Waals surface area contributed by atoms with E-state index in [4.69, 9.17) is 0 Å². The fourth-order valence-corrected chi connectivity index (χ4v) is 3.62. The van der Waals surface area contributed by atoms with E-state index in [1.807, 2.05) is 12.1 Å². The highest BCUT2D eigenvalue weighted by molar-refractivity contribution is 5.63. The smallest absolute Gasteiger partial charge is 0.0798 e. The topological polar surface area (TPSA) is 20.2 Å². The van der Waals surface area contributed by atoms with Crippen LogP contribution in [0, 0.1) is 0 Å². The Bertz CT molecular complexity index is 790. The summed E-state index contributed by atoms with van der Waals surface area (Å²) in [5.41, 5.74) is 6.19. The molecule has 0 bridgehead atoms. The van der Waals surface area contributed by atoms with Crippen molar-refractivity contribution in [3.05, 3.63) is 95.6 Å². The van der Waals surface area contributed by atoms with E-state index < -0.39 is 0 Å². The van der Waals surface area contributed by atoms with Gasteiger partial charge in [-0.2, -0.15) is 0 Å². The fourth-order valence-electron chi connectivity index (χ4n) is 3.62. The maximum Gasteiger partial charge on any atom is 0.0798 e. The summed E-state index contributed by atoms with van der Waals surface area (Å²) in [5.74, 6) is 0.393. The number of rotatable bonds is 2. The molecule has 0 heterocycles. The zero-order chi connectivity index (χ0) is 15.6. The predicted octanol–water partition coefficient (Wildman–Crippen LogP) is 5.12. The Kier molecular flexibility index (Phi) is 3.72. The summed E-state index contributed by atoms with van der Waals surface area (Å²) in [6, 6.07) is 27.5. The molecular weight excluding hydrogens is 280 g/mol. The summed E-state index contributed by atoms with van der Waals surface area (Å²) in [7, 11) is 0. The van der Waals surface area contributed by atoms with Crippen LogP contribution >= 0.6 is 0 Å². The predicted molar refractivity (Wildman–Crippen MR) is 94.3 cm³/mol. The highest BCUT2D eigenvalue weighted by atomic mass is 16.3. The van der Waals surface area contributed by atoms with E-state index in [0.717, 1.165) is 18.4 Å². The van der Waals surface area contributed by atoms with Gasteiger partial charge in [0, 0.05) is 0 Å². The van der Waals surface area contributed by atoms with Crippen molar-refractivity contribution in [1.29, 1.82) is 0 Å². The summed E-state index contributed by atoms with van der Waals surface area (Å²) >= 11 is 0. The van der Waals surface area contributed by atoms with Crippen LogP contribution in [-0.4, -0.2) is 5.11 Å². The van der Waals surface area contributed by atoms with E-state index in [1.54, 1.807) is 0 Å². The number of fused-ring (bicyclic) bond motifs is 1. The Morgan fingerprint density at radius 1 is 0.696 bits per heavy atom. The van der Waals surface area contributed by atoms with Gasteiger partial charge in [0.25, 0.3) is 0 Å². The van der Waals surface area contributed by atoms with Gasteiger partial charge in [-0.3, -0.25) is 0 Å². The first-order valence-corrected chi connectivity index (χ1v) is 8.22. The van der Waals surface area contributed by atoms with Crippen molar-refractivity contribution in [2.24, 2.45) is 0 Å². The van der Waals surface area contributed by atoms with Crippen LogP contribution in [-0.2, 0) is 6.42 Å². The van der Waals surface area contributed by atoms with Gasteiger partial charge in [-0.1, -0.05) is 78.9 Å². The molecule has 0 aliphatic heterocycles. The minimum atomic E-state index is -0.348. The van der Waals surface area contributed by atoms with Crippen LogP contribution < -0.4 is 0 Å². The van der Waals surface area contributed by atoms with Crippen LogP contribution in [0.25, 0.3) is 11.1 Å². The third-order valence-corrected chi connectivity index (χ3v) is 4.88. The molecule has 0 aromatic heterocycles. The lowest BCUT2D eigenvalue weighted by atomic mass is 9.78. The van der Waals surface area contributed by atoms with Crippen LogP contribution in [0.5, 0.6) is 0 Å². The zero-order valence-corrected chi connectivity index (χ0v) is 13.0. The molecule has 0 unspecified atom stereocenters. The summed E-state index contributed by atoms with van der Waals surface area (Å²) < 4.78 is 0. The maximum atomic E-state index is 10.4. The molecule has 3 aromatic rings. The maximum absolute atomic E-state index is 10.4. The lowest BCUT2D eigenvalue weighted by molar-refractivity contribution is 0.147. The van der Waals surface area contributed by atoms with Gasteiger partial charge in [0.05, 0.1) is 6.10 Å². The Morgan fingerprint density at radius 3 is 2.13 bits per heavy atom. The molecule has 23 heavy (non-hydrogen) atoms. The molecule has 1 N–H and O–H groups in total. The molecule has 0 fully saturated rings. The van der Waals surface area contributed by atoms with Gasteiger partial charge in [0.15, 0.2) is 0 Å². The van der Waals surface area contributed by atoms with Gasteiger partial charge in [-0.05, 0) is 46.6 Å². The fraction of sp³-hybridized carbons (Fsp3) is 0.182. The molecule has 1 aliphatic rings. The lowest BCUT2D eigenvalue weighted by Crippen LogP contribution is -2.17. The minimum absolute atomic E-state index is 0.348. The van der Waals surface area contributed by atoms with Crippen LogP contribution in [0.2, 0.25) is 0 Å². The SMILES string of the molecule is O[C@H]1C[C@@H](c2ccc(-c3ccccc3)cc2)Cc2ccccc21. The van der Waals surface area contributed by atoms with E-state index in [0.29, 0.717) is 5.92 Å². The standard InChI is InChI=1S/C22H20O/c23-22-15-20(14-19-8-4-5-9-21(19)22)18-12-10-17(11-13-18)16-6-2-1-3-7-16/h1-13,20,22-23H,14-15H2/t20-,22-/m0/s1. The van der Waals surface area contributed by atoms with Gasteiger partial charge in [0.2, 0.25) is 0 Å². The quantitative estimate of drug-likeness (QED) is 0.696. The van der Waals surface area contributed by atoms with Crippen molar-refractivity contribution in [3.63, 3.8) is 0 Å². The molecule has 0 saturated heterocycles. The lowest BCUT2D eigenvalue weighted by Gasteiger charge is -2.29. The van der Waals surface area contributed by atoms with Crippen molar-refractivity contribution in [2.75, 3.05) is 0 Å². The zero-order valence-electron chi connectivity index (χ0n) is 13.0. The summed E-state index contributed by atoms with van der Waals surface area (Å²) in [6.07, 6.45) is 1.47. The Morgan fingerprint density at radius 2 is 1.35 bits per heavy atom. The van der Waals surface area contributed by atoms with Gasteiger partial charge < -0.3 is 5.11 Å². The molecule has 0 amide bonds. The number of hydrogen-bond donors (Lipinski definition) is 1. The minimum Gasteiger partial charge on any atom is -0.388 e. The summed E-state index contributed by atoms with van der Waals surface area (Å²) in [6.45, 7) is 0. The largest absolute Gasteiger partial charge is 0.388 e. The van der Waals surface area contributed by atoms with Gasteiger partial charge >= 0.3 is 0 Å². The number of benzene rings is 3. The Labute approximate surface area is 137 Å². The average Bonchev–Trinajstić information content (AvgIpc) is 2.63. The van der Waals surface area contributed by atoms with Crippen molar-refractivity contribution in [1.82, 2.24) is 0 Å². The highest BCUT2D eigenvalue weighted by Crippen LogP contribution is 2.38. The summed E-state index contributed by atoms with van der Waals surface area (Å²) in [4.78, 5) is 0. The van der Waals surface area contributed by atoms with E-state index in [2.05, 4.69) is 66.7 Å².